The van der Waals surface area contributed by atoms with Crippen LogP contribution in [0, 0.1) is 23.5 Å². The largest absolute Gasteiger partial charge is 0.206 e. The number of halogens is 2. The van der Waals surface area contributed by atoms with Crippen LogP contribution in [0.25, 0.3) is 11.1 Å². The molecule has 3 rings (SSSR count). The Balaban J connectivity index is 1.70. The van der Waals surface area contributed by atoms with E-state index in [0.29, 0.717) is 11.5 Å². The van der Waals surface area contributed by atoms with Crippen molar-refractivity contribution >= 4 is 0 Å². The minimum Gasteiger partial charge on any atom is -0.206 e. The van der Waals surface area contributed by atoms with Gasteiger partial charge in [-0.25, -0.2) is 8.78 Å². The third-order valence-corrected chi connectivity index (χ3v) is 5.14. The van der Waals surface area contributed by atoms with Gasteiger partial charge in [-0.05, 0) is 47.9 Å². The highest BCUT2D eigenvalue weighted by Gasteiger charge is 2.19. The molecule has 2 aromatic rings. The third-order valence-electron chi connectivity index (χ3n) is 5.14. The molecule has 0 nitrogen and oxygen atoms in total. The second-order valence-electron chi connectivity index (χ2n) is 6.97. The van der Waals surface area contributed by atoms with Gasteiger partial charge in [-0.2, -0.15) is 0 Å². The average Bonchev–Trinajstić information content (AvgIpc) is 2.55. The molecule has 2 heteroatoms. The van der Waals surface area contributed by atoms with Crippen molar-refractivity contribution in [3.05, 3.63) is 59.7 Å². The van der Waals surface area contributed by atoms with Crippen molar-refractivity contribution in [3.8, 4) is 11.1 Å². The zero-order chi connectivity index (χ0) is 16.2. The van der Waals surface area contributed by atoms with E-state index < -0.39 is 11.6 Å². The quantitative estimate of drug-likeness (QED) is 0.613. The third kappa shape index (κ3) is 3.99. The Hall–Kier alpha value is -1.70. The van der Waals surface area contributed by atoms with Gasteiger partial charge in [-0.3, -0.25) is 0 Å². The van der Waals surface area contributed by atoms with E-state index in [-0.39, 0.29) is 5.56 Å². The molecule has 122 valence electrons. The lowest BCUT2D eigenvalue weighted by molar-refractivity contribution is 0.277. The first kappa shape index (κ1) is 16.2. The average molecular weight is 314 g/mol. The fourth-order valence-corrected chi connectivity index (χ4v) is 3.64. The minimum absolute atomic E-state index is 0.0841. The molecular weight excluding hydrogens is 290 g/mol. The molecule has 0 radical (unpaired) electrons. The Labute approximate surface area is 137 Å². The Morgan fingerprint density at radius 2 is 1.52 bits per heavy atom. The molecule has 0 unspecified atom stereocenters. The van der Waals surface area contributed by atoms with Gasteiger partial charge in [0.25, 0.3) is 0 Å². The predicted molar refractivity (Wildman–Crippen MR) is 91.2 cm³/mol. The lowest BCUT2D eigenvalue weighted by Gasteiger charge is -2.26. The standard InChI is InChI=1S/C21H24F2/c1-15-7-9-16(10-8-15)11-12-17-13-19(22)21(20(23)14-17)18-5-3-2-4-6-18/h2-6,13-16H,7-12H2,1H3. The van der Waals surface area contributed by atoms with Gasteiger partial charge < -0.3 is 0 Å². The van der Waals surface area contributed by atoms with E-state index >= 15 is 0 Å². The van der Waals surface area contributed by atoms with Crippen LogP contribution in [0.15, 0.2) is 42.5 Å². The second-order valence-corrected chi connectivity index (χ2v) is 6.97. The van der Waals surface area contributed by atoms with Crippen LogP contribution >= 0.6 is 0 Å². The van der Waals surface area contributed by atoms with Gasteiger partial charge in [0, 0.05) is 0 Å². The highest BCUT2D eigenvalue weighted by Crippen LogP contribution is 2.32. The summed E-state index contributed by atoms with van der Waals surface area (Å²) in [5.74, 6) is 0.643. The summed E-state index contributed by atoms with van der Waals surface area (Å²) in [6.45, 7) is 2.31. The van der Waals surface area contributed by atoms with E-state index in [1.54, 1.807) is 24.3 Å². The lowest BCUT2D eigenvalue weighted by Crippen LogP contribution is -2.13. The second kappa shape index (κ2) is 7.25. The van der Waals surface area contributed by atoms with Crippen molar-refractivity contribution in [1.29, 1.82) is 0 Å². The van der Waals surface area contributed by atoms with E-state index in [4.69, 9.17) is 0 Å². The van der Waals surface area contributed by atoms with E-state index in [1.807, 2.05) is 6.07 Å². The Kier molecular flexibility index (Phi) is 5.09. The lowest BCUT2D eigenvalue weighted by atomic mass is 9.80. The van der Waals surface area contributed by atoms with Gasteiger partial charge in [0.1, 0.15) is 11.6 Å². The maximum atomic E-state index is 14.4. The Bertz CT molecular complexity index is 617. The number of benzene rings is 2. The summed E-state index contributed by atoms with van der Waals surface area (Å²) in [6, 6.07) is 11.9. The molecule has 0 amide bonds. The zero-order valence-electron chi connectivity index (χ0n) is 13.7. The van der Waals surface area contributed by atoms with Gasteiger partial charge >= 0.3 is 0 Å². The van der Waals surface area contributed by atoms with Crippen molar-refractivity contribution in [2.24, 2.45) is 11.8 Å². The van der Waals surface area contributed by atoms with Gasteiger partial charge in [0.15, 0.2) is 0 Å². The molecule has 1 aliphatic carbocycles. The molecule has 0 aromatic heterocycles. The van der Waals surface area contributed by atoms with Crippen LogP contribution < -0.4 is 0 Å². The van der Waals surface area contributed by atoms with Crippen LogP contribution in [0.5, 0.6) is 0 Å². The number of hydrogen-bond donors (Lipinski definition) is 0. The minimum atomic E-state index is -0.455. The number of hydrogen-bond acceptors (Lipinski definition) is 0. The molecule has 0 saturated heterocycles. The molecule has 0 spiro atoms. The van der Waals surface area contributed by atoms with Crippen molar-refractivity contribution < 1.29 is 8.78 Å². The molecule has 1 saturated carbocycles. The van der Waals surface area contributed by atoms with E-state index in [2.05, 4.69) is 6.92 Å². The normalized spacial score (nSPS) is 21.3. The summed E-state index contributed by atoms with van der Waals surface area (Å²) in [7, 11) is 0. The molecule has 1 aliphatic rings. The summed E-state index contributed by atoms with van der Waals surface area (Å²) >= 11 is 0. The maximum absolute atomic E-state index is 14.4. The molecular formula is C21H24F2. The first-order chi connectivity index (χ1) is 11.1. The van der Waals surface area contributed by atoms with Gasteiger partial charge in [-0.1, -0.05) is 62.9 Å². The number of rotatable bonds is 4. The molecule has 0 N–H and O–H groups in total. The fraction of sp³-hybridized carbons (Fsp3) is 0.429. The molecule has 0 aliphatic heterocycles. The summed E-state index contributed by atoms with van der Waals surface area (Å²) in [5, 5.41) is 0. The Morgan fingerprint density at radius 1 is 0.913 bits per heavy atom. The van der Waals surface area contributed by atoms with E-state index in [0.717, 1.165) is 24.3 Å². The van der Waals surface area contributed by atoms with Crippen molar-refractivity contribution in [2.45, 2.75) is 45.4 Å². The smallest absolute Gasteiger partial charge is 0.134 e. The van der Waals surface area contributed by atoms with Gasteiger partial charge in [0.05, 0.1) is 5.56 Å². The van der Waals surface area contributed by atoms with Gasteiger partial charge in [-0.15, -0.1) is 0 Å². The van der Waals surface area contributed by atoms with Crippen LogP contribution in [0.4, 0.5) is 8.78 Å². The highest BCUT2D eigenvalue weighted by molar-refractivity contribution is 5.65. The van der Waals surface area contributed by atoms with Crippen molar-refractivity contribution in [2.75, 3.05) is 0 Å². The van der Waals surface area contributed by atoms with Crippen LogP contribution in [0.3, 0.4) is 0 Å². The number of aryl methyl sites for hydroxylation is 1. The molecule has 0 bridgehead atoms. The van der Waals surface area contributed by atoms with Gasteiger partial charge in [0.2, 0.25) is 0 Å². The van der Waals surface area contributed by atoms with E-state index in [1.165, 1.54) is 37.8 Å². The highest BCUT2D eigenvalue weighted by atomic mass is 19.1. The molecule has 0 heterocycles. The first-order valence-corrected chi connectivity index (χ1v) is 8.67. The molecule has 2 aromatic carbocycles. The van der Waals surface area contributed by atoms with Crippen LogP contribution in [-0.2, 0) is 6.42 Å². The fourth-order valence-electron chi connectivity index (χ4n) is 3.64. The zero-order valence-corrected chi connectivity index (χ0v) is 13.7. The monoisotopic (exact) mass is 314 g/mol. The first-order valence-electron chi connectivity index (χ1n) is 8.67. The van der Waals surface area contributed by atoms with Crippen LogP contribution in [0.2, 0.25) is 0 Å². The molecule has 23 heavy (non-hydrogen) atoms. The SMILES string of the molecule is CC1CCC(CCc2cc(F)c(-c3ccccc3)c(F)c2)CC1. The Morgan fingerprint density at radius 3 is 2.13 bits per heavy atom. The summed E-state index contributed by atoms with van der Waals surface area (Å²) in [6.07, 6.45) is 6.90. The predicted octanol–water partition coefficient (Wildman–Crippen LogP) is 6.39. The topological polar surface area (TPSA) is 0 Å². The maximum Gasteiger partial charge on any atom is 0.134 e. The van der Waals surface area contributed by atoms with Crippen molar-refractivity contribution in [1.82, 2.24) is 0 Å². The van der Waals surface area contributed by atoms with Crippen LogP contribution in [-0.4, -0.2) is 0 Å². The molecule has 1 fully saturated rings. The summed E-state index contributed by atoms with van der Waals surface area (Å²) in [4.78, 5) is 0. The molecule has 0 atom stereocenters. The summed E-state index contributed by atoms with van der Waals surface area (Å²) in [5.41, 5.74) is 1.45. The summed E-state index contributed by atoms with van der Waals surface area (Å²) < 4.78 is 28.7. The van der Waals surface area contributed by atoms with E-state index in [9.17, 15) is 8.78 Å². The van der Waals surface area contributed by atoms with Crippen molar-refractivity contribution in [3.63, 3.8) is 0 Å². The van der Waals surface area contributed by atoms with Crippen LogP contribution in [0.1, 0.15) is 44.6 Å².